The number of aryl methyl sites for hydroxylation is 1. The zero-order valence-corrected chi connectivity index (χ0v) is 14.7. The van der Waals surface area contributed by atoms with Gasteiger partial charge in [-0.2, -0.15) is 0 Å². The molecule has 0 aromatic carbocycles. The summed E-state index contributed by atoms with van der Waals surface area (Å²) in [6.07, 6.45) is 9.27. The Kier molecular flexibility index (Phi) is 4.66. The van der Waals surface area contributed by atoms with Gasteiger partial charge in [0.1, 0.15) is 0 Å². The van der Waals surface area contributed by atoms with E-state index in [1.54, 1.807) is 0 Å². The second-order valence-corrected chi connectivity index (χ2v) is 7.22. The van der Waals surface area contributed by atoms with Crippen LogP contribution in [0.1, 0.15) is 56.7 Å². The molecular weight excluding hydrogens is 330 g/mol. The van der Waals surface area contributed by atoms with Crippen molar-refractivity contribution in [3.8, 4) is 0 Å². The van der Waals surface area contributed by atoms with Crippen LogP contribution in [0.5, 0.6) is 0 Å². The maximum atomic E-state index is 4.20. The Bertz CT molecular complexity index is 455. The van der Waals surface area contributed by atoms with Crippen molar-refractivity contribution >= 4 is 15.9 Å². The van der Waals surface area contributed by atoms with Crippen LogP contribution in [0.4, 0.5) is 0 Å². The number of piperidine rings is 1. The highest BCUT2D eigenvalue weighted by atomic mass is 79.9. The fourth-order valence-electron chi connectivity index (χ4n) is 4.42. The van der Waals surface area contributed by atoms with E-state index in [1.807, 2.05) is 11.7 Å². The third-order valence-electron chi connectivity index (χ3n) is 5.38. The van der Waals surface area contributed by atoms with Gasteiger partial charge in [0, 0.05) is 12.6 Å². The third kappa shape index (κ3) is 2.66. The monoisotopic (exact) mass is 355 g/mol. The molecule has 2 fully saturated rings. The van der Waals surface area contributed by atoms with Gasteiger partial charge >= 0.3 is 0 Å². The maximum Gasteiger partial charge on any atom is 0.153 e. The SMILES string of the molecule is CNC(c1c(Br)nnn1C)C1(N2CCCCC2)CCCC1. The first kappa shape index (κ1) is 15.4. The van der Waals surface area contributed by atoms with Crippen LogP contribution in [-0.2, 0) is 7.05 Å². The molecule has 0 amide bonds. The fourth-order valence-corrected chi connectivity index (χ4v) is 4.98. The highest BCUT2D eigenvalue weighted by Gasteiger charge is 2.48. The third-order valence-corrected chi connectivity index (χ3v) is 5.95. The lowest BCUT2D eigenvalue weighted by Gasteiger charge is -2.48. The van der Waals surface area contributed by atoms with Crippen molar-refractivity contribution in [3.63, 3.8) is 0 Å². The largest absolute Gasteiger partial charge is 0.310 e. The van der Waals surface area contributed by atoms with E-state index < -0.39 is 0 Å². The quantitative estimate of drug-likeness (QED) is 0.901. The van der Waals surface area contributed by atoms with Crippen LogP contribution in [0.15, 0.2) is 4.60 Å². The summed E-state index contributed by atoms with van der Waals surface area (Å²) in [5, 5.41) is 12.0. The molecule has 1 atom stereocenters. The van der Waals surface area contributed by atoms with E-state index in [1.165, 1.54) is 63.7 Å². The minimum Gasteiger partial charge on any atom is -0.310 e. The standard InChI is InChI=1S/C15H26BrN5/c1-17-13(12-14(16)18-19-20(12)2)15(8-4-5-9-15)21-10-6-3-7-11-21/h13,17H,3-11H2,1-2H3. The molecule has 5 nitrogen and oxygen atoms in total. The van der Waals surface area contributed by atoms with Gasteiger partial charge in [-0.05, 0) is 61.8 Å². The molecule has 21 heavy (non-hydrogen) atoms. The molecule has 1 saturated heterocycles. The van der Waals surface area contributed by atoms with E-state index in [2.05, 4.69) is 43.5 Å². The molecule has 0 radical (unpaired) electrons. The lowest BCUT2D eigenvalue weighted by atomic mass is 9.83. The maximum absolute atomic E-state index is 4.20. The Labute approximate surface area is 135 Å². The zero-order chi connectivity index (χ0) is 14.9. The number of aromatic nitrogens is 3. The summed E-state index contributed by atoms with van der Waals surface area (Å²) < 4.78 is 2.81. The molecule has 0 bridgehead atoms. The van der Waals surface area contributed by atoms with Crippen molar-refractivity contribution in [2.75, 3.05) is 20.1 Å². The number of likely N-dealkylation sites (N-methyl/N-ethyl adjacent to an activating group) is 1. The Balaban J connectivity index is 1.98. The minimum absolute atomic E-state index is 0.229. The van der Waals surface area contributed by atoms with E-state index in [4.69, 9.17) is 0 Å². The van der Waals surface area contributed by atoms with Crippen LogP contribution in [-0.4, -0.2) is 45.6 Å². The minimum atomic E-state index is 0.229. The number of hydrogen-bond acceptors (Lipinski definition) is 4. The summed E-state index contributed by atoms with van der Waals surface area (Å²) in [5.74, 6) is 0. The topological polar surface area (TPSA) is 46.0 Å². The van der Waals surface area contributed by atoms with Gasteiger partial charge in [-0.25, -0.2) is 4.68 Å². The molecule has 2 aliphatic rings. The van der Waals surface area contributed by atoms with Crippen molar-refractivity contribution in [1.82, 2.24) is 25.2 Å². The van der Waals surface area contributed by atoms with E-state index in [-0.39, 0.29) is 11.6 Å². The normalized spacial score (nSPS) is 24.3. The first-order chi connectivity index (χ1) is 10.2. The fraction of sp³-hybridized carbons (Fsp3) is 0.867. The molecule has 1 aromatic rings. The molecule has 1 aromatic heterocycles. The van der Waals surface area contributed by atoms with E-state index in [0.29, 0.717) is 0 Å². The molecule has 1 N–H and O–H groups in total. The average molecular weight is 356 g/mol. The first-order valence-corrected chi connectivity index (χ1v) is 8.96. The summed E-state index contributed by atoms with van der Waals surface area (Å²) in [7, 11) is 4.07. The van der Waals surface area contributed by atoms with E-state index in [9.17, 15) is 0 Å². The number of rotatable bonds is 4. The average Bonchev–Trinajstić information content (AvgIpc) is 3.12. The molecule has 3 rings (SSSR count). The zero-order valence-electron chi connectivity index (χ0n) is 13.1. The van der Waals surface area contributed by atoms with Crippen molar-refractivity contribution in [2.24, 2.45) is 7.05 Å². The smallest absolute Gasteiger partial charge is 0.153 e. The number of nitrogens with one attached hydrogen (secondary N) is 1. The molecule has 1 saturated carbocycles. The van der Waals surface area contributed by atoms with Gasteiger partial charge in [0.25, 0.3) is 0 Å². The van der Waals surface area contributed by atoms with Gasteiger partial charge in [0.15, 0.2) is 4.60 Å². The Hall–Kier alpha value is -0.460. The van der Waals surface area contributed by atoms with Crippen LogP contribution in [0.3, 0.4) is 0 Å². The summed E-state index contributed by atoms with van der Waals surface area (Å²) in [4.78, 5) is 2.75. The van der Waals surface area contributed by atoms with Crippen molar-refractivity contribution in [3.05, 3.63) is 10.3 Å². The molecular formula is C15H26BrN5. The molecule has 6 heteroatoms. The molecule has 1 aliphatic heterocycles. The van der Waals surface area contributed by atoms with Crippen molar-refractivity contribution < 1.29 is 0 Å². The number of halogens is 1. The molecule has 1 aliphatic carbocycles. The van der Waals surface area contributed by atoms with Gasteiger partial charge in [0.2, 0.25) is 0 Å². The van der Waals surface area contributed by atoms with Crippen LogP contribution in [0.2, 0.25) is 0 Å². The Morgan fingerprint density at radius 1 is 1.14 bits per heavy atom. The summed E-state index contributed by atoms with van der Waals surface area (Å²) in [6.45, 7) is 2.47. The number of likely N-dealkylation sites (tertiary alicyclic amines) is 1. The van der Waals surface area contributed by atoms with Gasteiger partial charge in [-0.15, -0.1) is 5.10 Å². The number of hydrogen-bond donors (Lipinski definition) is 1. The molecule has 0 spiro atoms. The van der Waals surface area contributed by atoms with Crippen LogP contribution in [0, 0.1) is 0 Å². The molecule has 2 heterocycles. The summed E-state index contributed by atoms with van der Waals surface area (Å²) >= 11 is 3.60. The number of nitrogens with zero attached hydrogens (tertiary/aromatic N) is 4. The Morgan fingerprint density at radius 2 is 1.81 bits per heavy atom. The predicted molar refractivity (Wildman–Crippen MR) is 87.1 cm³/mol. The van der Waals surface area contributed by atoms with Gasteiger partial charge in [0.05, 0.1) is 11.7 Å². The second-order valence-electron chi connectivity index (χ2n) is 6.47. The van der Waals surface area contributed by atoms with Crippen LogP contribution in [0.25, 0.3) is 0 Å². The first-order valence-electron chi connectivity index (χ1n) is 8.16. The Morgan fingerprint density at radius 3 is 2.33 bits per heavy atom. The van der Waals surface area contributed by atoms with E-state index in [0.717, 1.165) is 4.60 Å². The highest BCUT2D eigenvalue weighted by molar-refractivity contribution is 9.10. The van der Waals surface area contributed by atoms with Crippen LogP contribution < -0.4 is 5.32 Å². The van der Waals surface area contributed by atoms with Crippen molar-refractivity contribution in [2.45, 2.75) is 56.5 Å². The van der Waals surface area contributed by atoms with Crippen molar-refractivity contribution in [1.29, 1.82) is 0 Å². The summed E-state index contributed by atoms with van der Waals surface area (Å²) in [5.41, 5.74) is 1.41. The lowest BCUT2D eigenvalue weighted by Crippen LogP contribution is -2.56. The lowest BCUT2D eigenvalue weighted by molar-refractivity contribution is 0.0358. The predicted octanol–water partition coefficient (Wildman–Crippen LogP) is 2.64. The van der Waals surface area contributed by atoms with E-state index >= 15 is 0 Å². The van der Waals surface area contributed by atoms with Gasteiger partial charge < -0.3 is 5.32 Å². The van der Waals surface area contributed by atoms with Crippen LogP contribution >= 0.6 is 15.9 Å². The van der Waals surface area contributed by atoms with Gasteiger partial charge in [-0.1, -0.05) is 24.5 Å². The molecule has 1 unspecified atom stereocenters. The second kappa shape index (κ2) is 6.34. The molecule has 118 valence electrons. The summed E-state index contributed by atoms with van der Waals surface area (Å²) in [6, 6.07) is 0.285. The van der Waals surface area contributed by atoms with Gasteiger partial charge in [-0.3, -0.25) is 4.90 Å². The highest BCUT2D eigenvalue weighted by Crippen LogP contribution is 2.46.